The Hall–Kier alpha value is -2.89. The Balaban J connectivity index is 1.50. The average Bonchev–Trinajstić information content (AvgIpc) is 3.40. The molecule has 0 radical (unpaired) electrons. The standard InChI is InChI=1S/C24H18ClN3OS/c25-16-9-7-14(8-10-16)15-12-18-22(20(29)13-15)23(21-6-3-11-30-21)28-19-5-2-1-4-17(19)26-24(28)27-18/h1-11,15,23H,12-13H2,(H,26,27)/t15-,23+/m1/s1. The summed E-state index contributed by atoms with van der Waals surface area (Å²) >= 11 is 7.75. The molecule has 6 rings (SSSR count). The molecule has 1 aliphatic carbocycles. The molecule has 30 heavy (non-hydrogen) atoms. The van der Waals surface area contributed by atoms with E-state index in [9.17, 15) is 4.79 Å². The summed E-state index contributed by atoms with van der Waals surface area (Å²) < 4.78 is 2.18. The van der Waals surface area contributed by atoms with E-state index in [2.05, 4.69) is 27.4 Å². The number of fused-ring (bicyclic) bond motifs is 3. The first-order valence-corrected chi connectivity index (χ1v) is 11.2. The molecule has 0 fully saturated rings. The van der Waals surface area contributed by atoms with Crippen LogP contribution in [0.2, 0.25) is 5.02 Å². The summed E-state index contributed by atoms with van der Waals surface area (Å²) in [5.74, 6) is 1.14. The zero-order chi connectivity index (χ0) is 20.2. The van der Waals surface area contributed by atoms with Gasteiger partial charge >= 0.3 is 0 Å². The summed E-state index contributed by atoms with van der Waals surface area (Å²) in [5, 5.41) is 6.29. The van der Waals surface area contributed by atoms with Crippen LogP contribution in [0.4, 0.5) is 5.95 Å². The lowest BCUT2D eigenvalue weighted by Crippen LogP contribution is -2.32. The number of imidazole rings is 1. The van der Waals surface area contributed by atoms with Crippen LogP contribution < -0.4 is 5.32 Å². The van der Waals surface area contributed by atoms with Gasteiger partial charge in [0.05, 0.1) is 11.0 Å². The fraction of sp³-hybridized carbons (Fsp3) is 0.167. The summed E-state index contributed by atoms with van der Waals surface area (Å²) in [6.07, 6.45) is 1.29. The van der Waals surface area contributed by atoms with Crippen molar-refractivity contribution < 1.29 is 4.79 Å². The summed E-state index contributed by atoms with van der Waals surface area (Å²) in [4.78, 5) is 19.5. The van der Waals surface area contributed by atoms with Crippen LogP contribution in [0, 0.1) is 0 Å². The largest absolute Gasteiger partial charge is 0.329 e. The monoisotopic (exact) mass is 431 g/mol. The number of hydrogen-bond acceptors (Lipinski definition) is 4. The van der Waals surface area contributed by atoms with Crippen molar-refractivity contribution in [2.45, 2.75) is 24.8 Å². The molecule has 2 aromatic carbocycles. The SMILES string of the molecule is O=C1C[C@H](c2ccc(Cl)cc2)CC2=C1[C@H](c1cccs1)n1c(nc3ccccc31)N2. The lowest BCUT2D eigenvalue weighted by molar-refractivity contribution is -0.116. The predicted molar refractivity (Wildman–Crippen MR) is 121 cm³/mol. The second-order valence-electron chi connectivity index (χ2n) is 7.81. The number of carbonyl (C=O) groups excluding carboxylic acids is 1. The molecule has 0 amide bonds. The van der Waals surface area contributed by atoms with Crippen molar-refractivity contribution in [3.8, 4) is 0 Å². The second kappa shape index (κ2) is 6.83. The maximum atomic E-state index is 13.5. The average molecular weight is 432 g/mol. The normalized spacial score (nSPS) is 20.8. The molecule has 6 heteroatoms. The minimum atomic E-state index is -0.137. The van der Waals surface area contributed by atoms with Crippen LogP contribution >= 0.6 is 22.9 Å². The van der Waals surface area contributed by atoms with Crippen molar-refractivity contribution in [2.75, 3.05) is 5.32 Å². The first-order valence-electron chi connectivity index (χ1n) is 9.98. The van der Waals surface area contributed by atoms with Gasteiger partial charge < -0.3 is 5.32 Å². The number of nitrogens with one attached hydrogen (secondary N) is 1. The summed E-state index contributed by atoms with van der Waals surface area (Å²) in [7, 11) is 0. The van der Waals surface area contributed by atoms with Crippen molar-refractivity contribution in [3.63, 3.8) is 0 Å². The fourth-order valence-electron chi connectivity index (χ4n) is 4.71. The van der Waals surface area contributed by atoms with Crippen LogP contribution in [0.3, 0.4) is 0 Å². The van der Waals surface area contributed by atoms with Crippen LogP contribution in [0.15, 0.2) is 77.3 Å². The Labute approximate surface area is 182 Å². The number of hydrogen-bond donors (Lipinski definition) is 1. The van der Waals surface area contributed by atoms with Crippen molar-refractivity contribution in [1.82, 2.24) is 9.55 Å². The van der Waals surface area contributed by atoms with E-state index < -0.39 is 0 Å². The number of rotatable bonds is 2. The molecule has 4 aromatic rings. The van der Waals surface area contributed by atoms with E-state index in [0.717, 1.165) is 45.1 Å². The number of ketones is 1. The van der Waals surface area contributed by atoms with Gasteiger partial charge in [0, 0.05) is 27.6 Å². The summed E-state index contributed by atoms with van der Waals surface area (Å²) in [6.45, 7) is 0. The number of carbonyl (C=O) groups is 1. The smallest absolute Gasteiger partial charge is 0.209 e. The minimum absolute atomic E-state index is 0.137. The number of allylic oxidation sites excluding steroid dienone is 2. The molecule has 0 unspecified atom stereocenters. The van der Waals surface area contributed by atoms with E-state index in [-0.39, 0.29) is 17.7 Å². The van der Waals surface area contributed by atoms with Crippen LogP contribution in [-0.4, -0.2) is 15.3 Å². The Morgan fingerprint density at radius 2 is 1.87 bits per heavy atom. The van der Waals surface area contributed by atoms with Crippen molar-refractivity contribution in [1.29, 1.82) is 0 Å². The lowest BCUT2D eigenvalue weighted by Gasteiger charge is -2.35. The number of anilines is 1. The molecular weight excluding hydrogens is 414 g/mol. The first kappa shape index (κ1) is 17.9. The Morgan fingerprint density at radius 1 is 1.03 bits per heavy atom. The van der Waals surface area contributed by atoms with Gasteiger partial charge in [-0.15, -0.1) is 11.3 Å². The van der Waals surface area contributed by atoms with Gasteiger partial charge in [-0.1, -0.05) is 41.9 Å². The molecule has 1 aliphatic heterocycles. The Kier molecular flexibility index (Phi) is 4.08. The number of Topliss-reactive ketones (excluding diaryl/α,β-unsaturated/α-hetero) is 1. The second-order valence-corrected chi connectivity index (χ2v) is 9.22. The first-order chi connectivity index (χ1) is 14.7. The summed E-state index contributed by atoms with van der Waals surface area (Å²) in [6, 6.07) is 20.0. The number of benzene rings is 2. The molecule has 148 valence electrons. The van der Waals surface area contributed by atoms with Gasteiger partial charge in [-0.05, 0) is 53.6 Å². The van der Waals surface area contributed by atoms with E-state index in [1.54, 1.807) is 11.3 Å². The highest BCUT2D eigenvalue weighted by atomic mass is 35.5. The molecule has 2 aliphatic rings. The maximum Gasteiger partial charge on any atom is 0.209 e. The highest BCUT2D eigenvalue weighted by Gasteiger charge is 2.39. The highest BCUT2D eigenvalue weighted by Crippen LogP contribution is 2.46. The minimum Gasteiger partial charge on any atom is -0.329 e. The Morgan fingerprint density at radius 3 is 2.67 bits per heavy atom. The number of nitrogens with zero attached hydrogens (tertiary/aromatic N) is 2. The topological polar surface area (TPSA) is 46.9 Å². The lowest BCUT2D eigenvalue weighted by atomic mass is 9.79. The van der Waals surface area contributed by atoms with E-state index in [1.165, 1.54) is 0 Å². The molecular formula is C24H18ClN3OS. The van der Waals surface area contributed by atoms with Gasteiger partial charge in [0.1, 0.15) is 6.04 Å². The number of halogens is 1. The highest BCUT2D eigenvalue weighted by molar-refractivity contribution is 7.10. The van der Waals surface area contributed by atoms with Crippen molar-refractivity contribution >= 4 is 45.7 Å². The van der Waals surface area contributed by atoms with Crippen LogP contribution in [0.25, 0.3) is 11.0 Å². The van der Waals surface area contributed by atoms with E-state index in [4.69, 9.17) is 16.6 Å². The van der Waals surface area contributed by atoms with Gasteiger partial charge in [0.25, 0.3) is 0 Å². The molecule has 0 saturated carbocycles. The van der Waals surface area contributed by atoms with Crippen LogP contribution in [0.5, 0.6) is 0 Å². The third kappa shape index (κ3) is 2.73. The van der Waals surface area contributed by atoms with Gasteiger partial charge in [0.2, 0.25) is 5.95 Å². The zero-order valence-electron chi connectivity index (χ0n) is 16.0. The Bertz CT molecular complexity index is 1300. The van der Waals surface area contributed by atoms with Gasteiger partial charge in [-0.2, -0.15) is 0 Å². The van der Waals surface area contributed by atoms with E-state index in [1.807, 2.05) is 48.5 Å². The predicted octanol–water partition coefficient (Wildman–Crippen LogP) is 6.17. The molecule has 0 bridgehead atoms. The fourth-order valence-corrected chi connectivity index (χ4v) is 5.66. The zero-order valence-corrected chi connectivity index (χ0v) is 17.6. The van der Waals surface area contributed by atoms with Crippen LogP contribution in [-0.2, 0) is 4.79 Å². The maximum absolute atomic E-state index is 13.5. The molecule has 2 aromatic heterocycles. The van der Waals surface area contributed by atoms with E-state index in [0.29, 0.717) is 11.4 Å². The third-order valence-electron chi connectivity index (χ3n) is 6.05. The summed E-state index contributed by atoms with van der Waals surface area (Å²) in [5.41, 5.74) is 4.99. The van der Waals surface area contributed by atoms with Crippen molar-refractivity contribution in [3.05, 3.63) is 92.8 Å². The quantitative estimate of drug-likeness (QED) is 0.413. The van der Waals surface area contributed by atoms with Crippen molar-refractivity contribution in [2.24, 2.45) is 0 Å². The van der Waals surface area contributed by atoms with E-state index >= 15 is 0 Å². The molecule has 3 heterocycles. The van der Waals surface area contributed by atoms with Gasteiger partial charge in [-0.3, -0.25) is 9.36 Å². The number of aromatic nitrogens is 2. The van der Waals surface area contributed by atoms with Crippen LogP contribution in [0.1, 0.15) is 35.2 Å². The third-order valence-corrected chi connectivity index (χ3v) is 7.23. The number of thiophene rings is 1. The van der Waals surface area contributed by atoms with Gasteiger partial charge in [-0.25, -0.2) is 4.98 Å². The number of para-hydroxylation sites is 2. The molecule has 0 spiro atoms. The molecule has 1 N–H and O–H groups in total. The molecule has 0 saturated heterocycles. The van der Waals surface area contributed by atoms with Gasteiger partial charge in [0.15, 0.2) is 5.78 Å². The molecule has 4 nitrogen and oxygen atoms in total. The molecule has 2 atom stereocenters.